The lowest BCUT2D eigenvalue weighted by Gasteiger charge is -2.19. The van der Waals surface area contributed by atoms with Crippen molar-refractivity contribution in [3.8, 4) is 0 Å². The Morgan fingerprint density at radius 2 is 1.89 bits per heavy atom. The maximum Gasteiger partial charge on any atom is 0.252 e. The zero-order chi connectivity index (χ0) is 19.2. The normalized spacial score (nSPS) is 11.6. The average molecular weight is 383 g/mol. The fraction of sp³-hybridized carbons (Fsp3) is 0.238. The van der Waals surface area contributed by atoms with E-state index in [1.165, 1.54) is 17.4 Å². The van der Waals surface area contributed by atoms with Gasteiger partial charge in [0.25, 0.3) is 5.91 Å². The van der Waals surface area contributed by atoms with Crippen LogP contribution in [-0.2, 0) is 4.79 Å². The van der Waals surface area contributed by atoms with Crippen LogP contribution in [0.25, 0.3) is 16.3 Å². The zero-order valence-electron chi connectivity index (χ0n) is 15.4. The Morgan fingerprint density at radius 3 is 2.59 bits per heavy atom. The fourth-order valence-electron chi connectivity index (χ4n) is 2.69. The predicted molar refractivity (Wildman–Crippen MR) is 111 cm³/mol. The van der Waals surface area contributed by atoms with Crippen LogP contribution in [0.1, 0.15) is 12.0 Å². The molecule has 3 rings (SSSR count). The van der Waals surface area contributed by atoms with E-state index in [4.69, 9.17) is 0 Å². The van der Waals surface area contributed by atoms with Gasteiger partial charge in [0, 0.05) is 12.6 Å². The quantitative estimate of drug-likeness (QED) is 0.566. The zero-order valence-corrected chi connectivity index (χ0v) is 16.2. The van der Waals surface area contributed by atoms with E-state index in [2.05, 4.69) is 9.88 Å². The molecule has 1 heterocycles. The SMILES string of the molecule is CN(C)CCCN(C(=O)C=Cc1ccccc1)c1nc2c(F)cccc2s1. The standard InChI is InChI=1S/C21H22FN3OS/c1-24(2)14-7-15-25(19(26)13-12-16-8-4-3-5-9-16)21-23-20-17(22)10-6-11-18(20)27-21/h3-6,8-13H,7,14-15H2,1-2H3. The minimum Gasteiger partial charge on any atom is -0.309 e. The molecular formula is C21H22FN3OS. The second kappa shape index (κ2) is 8.88. The number of carbonyl (C=O) groups excluding carboxylic acids is 1. The Bertz CT molecular complexity index is 937. The Kier molecular flexibility index (Phi) is 6.32. The number of benzene rings is 2. The van der Waals surface area contributed by atoms with Gasteiger partial charge >= 0.3 is 0 Å². The van der Waals surface area contributed by atoms with Gasteiger partial charge in [-0.05, 0) is 50.8 Å². The van der Waals surface area contributed by atoms with Crippen LogP contribution in [0.3, 0.4) is 0 Å². The summed E-state index contributed by atoms with van der Waals surface area (Å²) in [4.78, 5) is 20.9. The lowest BCUT2D eigenvalue weighted by molar-refractivity contribution is -0.114. The minimum atomic E-state index is -0.365. The first-order valence-electron chi connectivity index (χ1n) is 8.79. The summed E-state index contributed by atoms with van der Waals surface area (Å²) < 4.78 is 14.7. The van der Waals surface area contributed by atoms with Gasteiger partial charge in [-0.1, -0.05) is 47.7 Å². The lowest BCUT2D eigenvalue weighted by atomic mass is 10.2. The molecule has 0 unspecified atom stereocenters. The molecule has 0 aliphatic rings. The number of nitrogens with zero attached hydrogens (tertiary/aromatic N) is 3. The summed E-state index contributed by atoms with van der Waals surface area (Å²) in [6.07, 6.45) is 4.14. The van der Waals surface area contributed by atoms with Crippen molar-refractivity contribution in [1.82, 2.24) is 9.88 Å². The van der Waals surface area contributed by atoms with Gasteiger partial charge in [0.05, 0.1) is 4.70 Å². The van der Waals surface area contributed by atoms with Crippen molar-refractivity contribution in [2.75, 3.05) is 32.1 Å². The van der Waals surface area contributed by atoms with E-state index in [9.17, 15) is 9.18 Å². The van der Waals surface area contributed by atoms with Gasteiger partial charge in [-0.25, -0.2) is 9.37 Å². The van der Waals surface area contributed by atoms with Gasteiger partial charge in [0.15, 0.2) is 5.13 Å². The number of anilines is 1. The second-order valence-electron chi connectivity index (χ2n) is 6.47. The first-order valence-corrected chi connectivity index (χ1v) is 9.60. The number of rotatable bonds is 7. The monoisotopic (exact) mass is 383 g/mol. The van der Waals surface area contributed by atoms with E-state index in [1.54, 1.807) is 23.1 Å². The Balaban J connectivity index is 1.86. The highest BCUT2D eigenvalue weighted by Gasteiger charge is 2.19. The highest BCUT2D eigenvalue weighted by molar-refractivity contribution is 7.22. The smallest absolute Gasteiger partial charge is 0.252 e. The molecule has 0 saturated carbocycles. The largest absolute Gasteiger partial charge is 0.309 e. The molecule has 1 aromatic heterocycles. The van der Waals surface area contributed by atoms with Gasteiger partial charge < -0.3 is 4.90 Å². The fourth-order valence-corrected chi connectivity index (χ4v) is 3.70. The molecule has 0 aliphatic carbocycles. The number of amides is 1. The van der Waals surface area contributed by atoms with Gasteiger partial charge in [0.1, 0.15) is 11.3 Å². The van der Waals surface area contributed by atoms with E-state index in [0.717, 1.165) is 23.2 Å². The highest BCUT2D eigenvalue weighted by Crippen LogP contribution is 2.30. The molecule has 0 fully saturated rings. The Morgan fingerprint density at radius 1 is 1.11 bits per heavy atom. The third-order valence-corrected chi connectivity index (χ3v) is 5.10. The van der Waals surface area contributed by atoms with Crippen LogP contribution in [0.2, 0.25) is 0 Å². The molecule has 0 N–H and O–H groups in total. The average Bonchev–Trinajstić information content (AvgIpc) is 3.09. The topological polar surface area (TPSA) is 36.4 Å². The van der Waals surface area contributed by atoms with Crippen molar-refractivity contribution in [1.29, 1.82) is 0 Å². The number of fused-ring (bicyclic) bond motifs is 1. The van der Waals surface area contributed by atoms with Gasteiger partial charge in [-0.15, -0.1) is 0 Å². The molecule has 0 bridgehead atoms. The molecule has 0 spiro atoms. The molecule has 4 nitrogen and oxygen atoms in total. The molecule has 1 amide bonds. The van der Waals surface area contributed by atoms with Crippen molar-refractivity contribution in [2.24, 2.45) is 0 Å². The number of thiazole rings is 1. The summed E-state index contributed by atoms with van der Waals surface area (Å²) in [5, 5.41) is 0.525. The number of carbonyl (C=O) groups is 1. The van der Waals surface area contributed by atoms with Crippen LogP contribution in [0.5, 0.6) is 0 Å². The summed E-state index contributed by atoms with van der Waals surface area (Å²) in [5.74, 6) is -0.521. The third kappa shape index (κ3) is 4.99. The second-order valence-corrected chi connectivity index (χ2v) is 7.48. The summed E-state index contributed by atoms with van der Waals surface area (Å²) in [6, 6.07) is 14.5. The van der Waals surface area contributed by atoms with Crippen LogP contribution in [-0.4, -0.2) is 43.0 Å². The van der Waals surface area contributed by atoms with Crippen molar-refractivity contribution < 1.29 is 9.18 Å². The molecular weight excluding hydrogens is 361 g/mol. The molecule has 0 saturated heterocycles. The minimum absolute atomic E-state index is 0.155. The first kappa shape index (κ1) is 19.2. The number of halogens is 1. The van der Waals surface area contributed by atoms with Gasteiger partial charge in [0.2, 0.25) is 0 Å². The van der Waals surface area contributed by atoms with Crippen LogP contribution >= 0.6 is 11.3 Å². The first-order chi connectivity index (χ1) is 13.0. The van der Waals surface area contributed by atoms with Crippen molar-refractivity contribution in [3.05, 3.63) is 66.0 Å². The molecule has 27 heavy (non-hydrogen) atoms. The van der Waals surface area contributed by atoms with Crippen molar-refractivity contribution >= 4 is 38.7 Å². The predicted octanol–water partition coefficient (Wildman–Crippen LogP) is 4.43. The molecule has 140 valence electrons. The number of hydrogen-bond donors (Lipinski definition) is 0. The number of aromatic nitrogens is 1. The van der Waals surface area contributed by atoms with E-state index >= 15 is 0 Å². The summed E-state index contributed by atoms with van der Waals surface area (Å²) in [5.41, 5.74) is 1.27. The maximum absolute atomic E-state index is 14.0. The number of hydrogen-bond acceptors (Lipinski definition) is 4. The Hall–Kier alpha value is -2.57. The van der Waals surface area contributed by atoms with Gasteiger partial charge in [-0.2, -0.15) is 0 Å². The molecule has 0 aliphatic heterocycles. The van der Waals surface area contributed by atoms with Crippen molar-refractivity contribution in [3.63, 3.8) is 0 Å². The Labute approximate surface area is 162 Å². The van der Waals surface area contributed by atoms with Crippen LogP contribution < -0.4 is 4.90 Å². The lowest BCUT2D eigenvalue weighted by Crippen LogP contribution is -2.32. The van der Waals surface area contributed by atoms with E-state index in [-0.39, 0.29) is 11.7 Å². The summed E-state index contributed by atoms with van der Waals surface area (Å²) in [7, 11) is 3.99. The van der Waals surface area contributed by atoms with Crippen molar-refractivity contribution in [2.45, 2.75) is 6.42 Å². The maximum atomic E-state index is 14.0. The van der Waals surface area contributed by atoms with E-state index in [1.807, 2.05) is 50.5 Å². The molecule has 6 heteroatoms. The summed E-state index contributed by atoms with van der Waals surface area (Å²) >= 11 is 1.33. The van der Waals surface area contributed by atoms with E-state index in [0.29, 0.717) is 17.2 Å². The van der Waals surface area contributed by atoms with Crippen LogP contribution in [0.15, 0.2) is 54.6 Å². The van der Waals surface area contributed by atoms with Crippen LogP contribution in [0.4, 0.5) is 9.52 Å². The number of para-hydroxylation sites is 1. The molecule has 3 aromatic rings. The van der Waals surface area contributed by atoms with Crippen LogP contribution in [0, 0.1) is 5.82 Å². The molecule has 0 radical (unpaired) electrons. The van der Waals surface area contributed by atoms with E-state index < -0.39 is 0 Å². The third-order valence-electron chi connectivity index (χ3n) is 4.06. The van der Waals surface area contributed by atoms with Gasteiger partial charge in [-0.3, -0.25) is 9.69 Å². The summed E-state index contributed by atoms with van der Waals surface area (Å²) in [6.45, 7) is 1.38. The molecule has 2 aromatic carbocycles. The highest BCUT2D eigenvalue weighted by atomic mass is 32.1. The molecule has 0 atom stereocenters.